The van der Waals surface area contributed by atoms with E-state index >= 15 is 0 Å². The maximum atomic E-state index is 9.39. The molecule has 0 fully saturated rings. The summed E-state index contributed by atoms with van der Waals surface area (Å²) in [5.41, 5.74) is 1.11. The molecule has 0 saturated heterocycles. The molecule has 0 aliphatic carbocycles. The van der Waals surface area contributed by atoms with Gasteiger partial charge in [0.1, 0.15) is 0 Å². The Morgan fingerprint density at radius 1 is 1.00 bits per heavy atom. The van der Waals surface area contributed by atoms with Crippen molar-refractivity contribution >= 4 is 0 Å². The first-order chi connectivity index (χ1) is 7.09. The maximum Gasteiger partial charge on any atom is 0.0521 e. The van der Waals surface area contributed by atoms with Crippen LogP contribution in [0.15, 0.2) is 30.3 Å². The third-order valence-electron chi connectivity index (χ3n) is 2.27. The summed E-state index contributed by atoms with van der Waals surface area (Å²) in [7, 11) is 0. The Labute approximate surface area is 91.6 Å². The molecule has 0 amide bonds. The van der Waals surface area contributed by atoms with Crippen LogP contribution in [0, 0.1) is 5.92 Å². The number of hydrogen-bond donors (Lipinski definition) is 2. The molecular formula is C13H19O2. The van der Waals surface area contributed by atoms with Crippen LogP contribution in [-0.4, -0.2) is 22.4 Å². The molecule has 0 aliphatic heterocycles. The van der Waals surface area contributed by atoms with Crippen molar-refractivity contribution in [3.05, 3.63) is 41.8 Å². The molecule has 0 saturated carbocycles. The highest BCUT2D eigenvalue weighted by atomic mass is 16.3. The van der Waals surface area contributed by atoms with E-state index in [9.17, 15) is 10.2 Å². The minimum atomic E-state index is -0.362. The average Bonchev–Trinajstić information content (AvgIpc) is 2.17. The minimum Gasteiger partial charge on any atom is -0.393 e. The molecule has 2 N–H and O–H groups in total. The van der Waals surface area contributed by atoms with Gasteiger partial charge in [-0.15, -0.1) is 0 Å². The van der Waals surface area contributed by atoms with E-state index in [0.29, 0.717) is 12.8 Å². The van der Waals surface area contributed by atoms with Crippen LogP contribution in [-0.2, 0) is 0 Å². The largest absolute Gasteiger partial charge is 0.393 e. The Morgan fingerprint density at radius 2 is 1.47 bits per heavy atom. The highest BCUT2D eigenvalue weighted by molar-refractivity contribution is 5.30. The van der Waals surface area contributed by atoms with Crippen molar-refractivity contribution < 1.29 is 10.2 Å². The van der Waals surface area contributed by atoms with Crippen molar-refractivity contribution in [2.75, 3.05) is 0 Å². The summed E-state index contributed by atoms with van der Waals surface area (Å²) in [6.07, 6.45) is 0.516. The van der Waals surface area contributed by atoms with E-state index in [2.05, 4.69) is 0 Å². The molecule has 1 radical (unpaired) electrons. The van der Waals surface area contributed by atoms with Gasteiger partial charge in [-0.25, -0.2) is 0 Å². The summed E-state index contributed by atoms with van der Waals surface area (Å²) in [5, 5.41) is 18.8. The minimum absolute atomic E-state index is 0.362. The van der Waals surface area contributed by atoms with E-state index in [0.717, 1.165) is 11.5 Å². The van der Waals surface area contributed by atoms with Gasteiger partial charge >= 0.3 is 0 Å². The third kappa shape index (κ3) is 4.45. The smallest absolute Gasteiger partial charge is 0.0521 e. The topological polar surface area (TPSA) is 40.5 Å². The van der Waals surface area contributed by atoms with E-state index in [4.69, 9.17) is 0 Å². The second-order valence-corrected chi connectivity index (χ2v) is 4.08. The second-order valence-electron chi connectivity index (χ2n) is 4.08. The van der Waals surface area contributed by atoms with Crippen molar-refractivity contribution in [1.29, 1.82) is 0 Å². The van der Waals surface area contributed by atoms with Crippen molar-refractivity contribution in [2.45, 2.75) is 38.9 Å². The zero-order valence-electron chi connectivity index (χ0n) is 9.35. The number of aliphatic hydroxyl groups excluding tert-OH is 2. The first kappa shape index (κ1) is 12.2. The van der Waals surface area contributed by atoms with E-state index in [1.165, 1.54) is 0 Å². The molecule has 2 heteroatoms. The summed E-state index contributed by atoms with van der Waals surface area (Å²) >= 11 is 0. The number of benzene rings is 1. The molecule has 1 aromatic carbocycles. The highest BCUT2D eigenvalue weighted by Gasteiger charge is 2.16. The molecule has 0 heterocycles. The van der Waals surface area contributed by atoms with Gasteiger partial charge in [-0.2, -0.15) is 0 Å². The fourth-order valence-electron chi connectivity index (χ4n) is 1.71. The van der Waals surface area contributed by atoms with Gasteiger partial charge in [0, 0.05) is 5.92 Å². The highest BCUT2D eigenvalue weighted by Crippen LogP contribution is 2.25. The Kier molecular flexibility index (Phi) is 4.79. The van der Waals surface area contributed by atoms with Crippen LogP contribution in [0.1, 0.15) is 32.3 Å². The lowest BCUT2D eigenvalue weighted by atomic mass is 9.89. The van der Waals surface area contributed by atoms with Crippen LogP contribution in [0.5, 0.6) is 0 Å². The second kappa shape index (κ2) is 5.89. The van der Waals surface area contributed by atoms with Gasteiger partial charge in [0.25, 0.3) is 0 Å². The molecule has 1 aromatic rings. The molecule has 2 nitrogen and oxygen atoms in total. The Morgan fingerprint density at radius 3 is 1.87 bits per heavy atom. The number of hydrogen-bond acceptors (Lipinski definition) is 2. The van der Waals surface area contributed by atoms with Crippen LogP contribution in [0.3, 0.4) is 0 Å². The lowest BCUT2D eigenvalue weighted by Gasteiger charge is -2.19. The lowest BCUT2D eigenvalue weighted by Crippen LogP contribution is -2.14. The average molecular weight is 207 g/mol. The zero-order chi connectivity index (χ0) is 11.3. The Bertz CT molecular complexity index is 257. The van der Waals surface area contributed by atoms with Crippen LogP contribution >= 0.6 is 0 Å². The molecule has 2 unspecified atom stereocenters. The number of rotatable bonds is 5. The van der Waals surface area contributed by atoms with Gasteiger partial charge in [0.2, 0.25) is 0 Å². The summed E-state index contributed by atoms with van der Waals surface area (Å²) in [5.74, 6) is 1.11. The normalized spacial score (nSPS) is 15.3. The van der Waals surface area contributed by atoms with Crippen LogP contribution in [0.2, 0.25) is 0 Å². The van der Waals surface area contributed by atoms with Gasteiger partial charge < -0.3 is 10.2 Å². The fourth-order valence-corrected chi connectivity index (χ4v) is 1.71. The summed E-state index contributed by atoms with van der Waals surface area (Å²) < 4.78 is 0. The fraction of sp³-hybridized carbons (Fsp3) is 0.462. The van der Waals surface area contributed by atoms with Crippen LogP contribution in [0.25, 0.3) is 0 Å². The third-order valence-corrected chi connectivity index (χ3v) is 2.27. The molecular weight excluding hydrogens is 188 g/mol. The van der Waals surface area contributed by atoms with E-state index in [1.54, 1.807) is 13.8 Å². The van der Waals surface area contributed by atoms with Crippen molar-refractivity contribution in [3.8, 4) is 0 Å². The van der Waals surface area contributed by atoms with E-state index < -0.39 is 0 Å². The number of aliphatic hydroxyl groups is 2. The molecule has 0 aliphatic rings. The lowest BCUT2D eigenvalue weighted by molar-refractivity contribution is 0.166. The summed E-state index contributed by atoms with van der Waals surface area (Å²) in [6.45, 7) is 3.54. The van der Waals surface area contributed by atoms with Gasteiger partial charge in [-0.05, 0) is 32.3 Å². The first-order valence-corrected chi connectivity index (χ1v) is 5.36. The quantitative estimate of drug-likeness (QED) is 0.776. The van der Waals surface area contributed by atoms with Crippen molar-refractivity contribution in [1.82, 2.24) is 0 Å². The molecule has 15 heavy (non-hydrogen) atoms. The first-order valence-electron chi connectivity index (χ1n) is 5.36. The standard InChI is InChI=1S/C13H19O2/c1-10(14)8-13(9-11(2)15)12-6-4-3-5-7-12/h3-7,10-11,14-15H,8-9H2,1-2H3. The zero-order valence-corrected chi connectivity index (χ0v) is 9.35. The summed E-state index contributed by atoms with van der Waals surface area (Å²) in [4.78, 5) is 0. The van der Waals surface area contributed by atoms with Gasteiger partial charge in [0.15, 0.2) is 0 Å². The van der Waals surface area contributed by atoms with Gasteiger partial charge in [-0.3, -0.25) is 0 Å². The maximum absolute atomic E-state index is 9.39. The molecule has 2 atom stereocenters. The molecule has 0 aromatic heterocycles. The predicted octanol–water partition coefficient (Wildman–Crippen LogP) is 2.15. The predicted molar refractivity (Wildman–Crippen MR) is 61.4 cm³/mol. The summed E-state index contributed by atoms with van der Waals surface area (Å²) in [6, 6.07) is 9.94. The molecule has 1 rings (SSSR count). The Balaban J connectivity index is 2.72. The van der Waals surface area contributed by atoms with Gasteiger partial charge in [-0.1, -0.05) is 30.3 Å². The van der Waals surface area contributed by atoms with Crippen molar-refractivity contribution in [2.24, 2.45) is 0 Å². The van der Waals surface area contributed by atoms with Gasteiger partial charge in [0.05, 0.1) is 12.2 Å². The van der Waals surface area contributed by atoms with E-state index in [1.807, 2.05) is 30.3 Å². The molecule has 83 valence electrons. The van der Waals surface area contributed by atoms with Crippen LogP contribution in [0.4, 0.5) is 0 Å². The molecule has 0 spiro atoms. The van der Waals surface area contributed by atoms with E-state index in [-0.39, 0.29) is 12.2 Å². The SMILES string of the molecule is CC(O)C[C](CC(C)O)c1ccccc1. The monoisotopic (exact) mass is 207 g/mol. The molecule has 0 bridgehead atoms. The Hall–Kier alpha value is -0.860. The van der Waals surface area contributed by atoms with Crippen molar-refractivity contribution in [3.63, 3.8) is 0 Å². The van der Waals surface area contributed by atoms with Crippen LogP contribution < -0.4 is 0 Å².